The number of amides is 1. The second kappa shape index (κ2) is 6.32. The van der Waals surface area contributed by atoms with Gasteiger partial charge in [0.25, 0.3) is 5.91 Å². The molecule has 5 atom stereocenters. The van der Waals surface area contributed by atoms with Gasteiger partial charge >= 0.3 is 0 Å². The molecular formula is C22H30BrNO2. The number of ketones is 1. The molecule has 0 spiro atoms. The smallest absolute Gasteiger partial charge is 0.256 e. The molecule has 0 aromatic rings. The quantitative estimate of drug-likeness (QED) is 0.465. The number of halogens is 1. The summed E-state index contributed by atoms with van der Waals surface area (Å²) in [4.78, 5) is 24.2. The molecule has 1 amide bonds. The fourth-order valence-corrected chi connectivity index (χ4v) is 7.49. The van der Waals surface area contributed by atoms with Crippen molar-refractivity contribution in [3.8, 4) is 0 Å². The molecule has 4 aliphatic carbocycles. The maximum atomic E-state index is 12.2. The van der Waals surface area contributed by atoms with E-state index in [2.05, 4.69) is 34.3 Å². The summed E-state index contributed by atoms with van der Waals surface area (Å²) in [6.07, 6.45) is 10.7. The van der Waals surface area contributed by atoms with E-state index in [0.717, 1.165) is 37.2 Å². The Morgan fingerprint density at radius 3 is 2.54 bits per heavy atom. The predicted molar refractivity (Wildman–Crippen MR) is 106 cm³/mol. The Morgan fingerprint density at radius 2 is 1.81 bits per heavy atom. The number of rotatable bonds is 1. The first kappa shape index (κ1) is 18.5. The number of hydrogen-bond donors (Lipinski definition) is 1. The molecule has 0 aliphatic heterocycles. The van der Waals surface area contributed by atoms with Gasteiger partial charge in [0.2, 0.25) is 0 Å². The minimum atomic E-state index is 0.00983. The average Bonchev–Trinajstić information content (AvgIpc) is 2.98. The van der Waals surface area contributed by atoms with E-state index < -0.39 is 0 Å². The molecule has 0 aromatic heterocycles. The van der Waals surface area contributed by atoms with Crippen LogP contribution in [0.1, 0.15) is 72.1 Å². The van der Waals surface area contributed by atoms with E-state index in [9.17, 15) is 9.59 Å². The fraction of sp³-hybridized carbons (Fsp3) is 0.727. The number of nitrogens with one attached hydrogen (secondary N) is 1. The first-order valence-corrected chi connectivity index (χ1v) is 11.0. The van der Waals surface area contributed by atoms with Crippen LogP contribution in [0, 0.1) is 28.6 Å². The van der Waals surface area contributed by atoms with E-state index in [0.29, 0.717) is 17.6 Å². The van der Waals surface area contributed by atoms with Crippen molar-refractivity contribution in [2.75, 3.05) is 0 Å². The van der Waals surface area contributed by atoms with Crippen LogP contribution < -0.4 is 4.34 Å². The summed E-state index contributed by atoms with van der Waals surface area (Å²) < 4.78 is 2.63. The number of hydrogen-bond acceptors (Lipinski definition) is 2. The van der Waals surface area contributed by atoms with E-state index >= 15 is 0 Å². The second-order valence-corrected chi connectivity index (χ2v) is 9.89. The van der Waals surface area contributed by atoms with Gasteiger partial charge < -0.3 is 0 Å². The van der Waals surface area contributed by atoms with E-state index in [1.165, 1.54) is 36.8 Å². The first-order chi connectivity index (χ1) is 12.3. The van der Waals surface area contributed by atoms with Crippen LogP contribution in [-0.4, -0.2) is 11.7 Å². The molecular weight excluding hydrogens is 390 g/mol. The van der Waals surface area contributed by atoms with Gasteiger partial charge in [0, 0.05) is 28.1 Å². The molecule has 0 aromatic carbocycles. The minimum absolute atomic E-state index is 0.00983. The highest BCUT2D eigenvalue weighted by Gasteiger charge is 2.57. The summed E-state index contributed by atoms with van der Waals surface area (Å²) in [5.41, 5.74) is 4.14. The Balaban J connectivity index is 1.68. The van der Waals surface area contributed by atoms with Crippen LogP contribution in [0.4, 0.5) is 0 Å². The summed E-state index contributed by atoms with van der Waals surface area (Å²) in [6.45, 7) is 6.83. The van der Waals surface area contributed by atoms with Crippen molar-refractivity contribution in [1.82, 2.24) is 4.34 Å². The van der Waals surface area contributed by atoms with Gasteiger partial charge in [-0.3, -0.25) is 13.9 Å². The zero-order valence-corrected chi connectivity index (χ0v) is 17.7. The fourth-order valence-electron chi connectivity index (χ4n) is 7.20. The number of fused-ring (bicyclic) bond motifs is 5. The lowest BCUT2D eigenvalue weighted by molar-refractivity contribution is -0.117. The highest BCUT2D eigenvalue weighted by atomic mass is 79.9. The van der Waals surface area contributed by atoms with Crippen LogP contribution in [0.5, 0.6) is 0 Å². The van der Waals surface area contributed by atoms with Gasteiger partial charge in [-0.15, -0.1) is 0 Å². The molecule has 0 unspecified atom stereocenters. The topological polar surface area (TPSA) is 46.2 Å². The van der Waals surface area contributed by atoms with Crippen molar-refractivity contribution in [3.63, 3.8) is 0 Å². The molecule has 0 heterocycles. The second-order valence-electron chi connectivity index (χ2n) is 9.49. The molecule has 0 saturated heterocycles. The van der Waals surface area contributed by atoms with E-state index in [-0.39, 0.29) is 16.7 Å². The molecule has 142 valence electrons. The largest absolute Gasteiger partial charge is 0.295 e. The molecule has 4 heteroatoms. The first-order valence-electron chi connectivity index (χ1n) is 10.2. The third-order valence-corrected chi connectivity index (χ3v) is 8.99. The van der Waals surface area contributed by atoms with Crippen LogP contribution in [-0.2, 0) is 9.59 Å². The van der Waals surface area contributed by atoms with Gasteiger partial charge in [0.05, 0.1) is 0 Å². The molecule has 3 fully saturated rings. The van der Waals surface area contributed by atoms with Crippen molar-refractivity contribution in [2.45, 2.75) is 72.1 Å². The maximum Gasteiger partial charge on any atom is 0.256 e. The van der Waals surface area contributed by atoms with Crippen molar-refractivity contribution in [1.29, 1.82) is 0 Å². The van der Waals surface area contributed by atoms with Gasteiger partial charge in [-0.1, -0.05) is 25.0 Å². The minimum Gasteiger partial charge on any atom is -0.295 e. The predicted octanol–water partition coefficient (Wildman–Crippen LogP) is 5.26. The molecule has 4 aliphatic rings. The molecule has 3 nitrogen and oxygen atoms in total. The summed E-state index contributed by atoms with van der Waals surface area (Å²) in [5.74, 6) is 2.47. The maximum absolute atomic E-state index is 12.2. The normalized spacial score (nSPS) is 43.8. The number of carbonyl (C=O) groups excluding carboxylic acids is 2. The van der Waals surface area contributed by atoms with Crippen LogP contribution in [0.25, 0.3) is 0 Å². The third-order valence-electron chi connectivity index (χ3n) is 8.63. The van der Waals surface area contributed by atoms with Crippen molar-refractivity contribution in [2.24, 2.45) is 28.6 Å². The molecule has 3 saturated carbocycles. The Kier molecular flexibility index (Phi) is 4.49. The lowest BCUT2D eigenvalue weighted by Crippen LogP contribution is -2.49. The van der Waals surface area contributed by atoms with E-state index in [4.69, 9.17) is 0 Å². The standard InChI is InChI=1S/C22H30BrNO2/c1-13(20(26)24-23)17-6-7-18-16-5-4-14-12-15(25)8-10-21(14,2)19(16)9-11-22(17,18)3/h12,16,18-19H,4-11H2,1-3H3,(H,24,26)/b17-13-/t16-,18-,19-,21-,22+/m0/s1. The van der Waals surface area contributed by atoms with Gasteiger partial charge in [-0.25, -0.2) is 0 Å². The summed E-state index contributed by atoms with van der Waals surface area (Å²) in [6, 6.07) is 0. The highest BCUT2D eigenvalue weighted by Crippen LogP contribution is 2.66. The summed E-state index contributed by atoms with van der Waals surface area (Å²) in [5, 5.41) is 0. The number of carbonyl (C=O) groups is 2. The van der Waals surface area contributed by atoms with Gasteiger partial charge in [-0.05, 0) is 86.5 Å². The van der Waals surface area contributed by atoms with Gasteiger partial charge in [0.15, 0.2) is 5.78 Å². The lowest BCUT2D eigenvalue weighted by Gasteiger charge is -2.57. The molecule has 4 rings (SSSR count). The Hall–Kier alpha value is -0.900. The molecule has 26 heavy (non-hydrogen) atoms. The average molecular weight is 420 g/mol. The Morgan fingerprint density at radius 1 is 1.08 bits per heavy atom. The van der Waals surface area contributed by atoms with Gasteiger partial charge in [0.1, 0.15) is 0 Å². The van der Waals surface area contributed by atoms with E-state index in [1.54, 1.807) is 0 Å². The van der Waals surface area contributed by atoms with Crippen LogP contribution in [0.15, 0.2) is 22.8 Å². The van der Waals surface area contributed by atoms with Gasteiger partial charge in [-0.2, -0.15) is 0 Å². The molecule has 1 N–H and O–H groups in total. The van der Waals surface area contributed by atoms with Crippen LogP contribution in [0.3, 0.4) is 0 Å². The van der Waals surface area contributed by atoms with Crippen LogP contribution >= 0.6 is 16.1 Å². The van der Waals surface area contributed by atoms with Crippen molar-refractivity contribution < 1.29 is 9.59 Å². The van der Waals surface area contributed by atoms with Crippen molar-refractivity contribution >= 4 is 27.8 Å². The molecule has 0 radical (unpaired) electrons. The zero-order valence-electron chi connectivity index (χ0n) is 16.2. The SMILES string of the molecule is C/C(C(=O)NBr)=C1\CC[C@H]2[C@@H]3CCC4=CC(=O)CC[C@]4(C)[C@H]3CC[C@]12C. The Labute approximate surface area is 165 Å². The monoisotopic (exact) mass is 419 g/mol. The summed E-state index contributed by atoms with van der Waals surface area (Å²) in [7, 11) is 0. The number of allylic oxidation sites excluding steroid dienone is 2. The summed E-state index contributed by atoms with van der Waals surface area (Å²) >= 11 is 3.11. The molecule has 0 bridgehead atoms. The Bertz CT molecular complexity index is 724. The third kappa shape index (κ3) is 2.51. The van der Waals surface area contributed by atoms with Crippen molar-refractivity contribution in [3.05, 3.63) is 22.8 Å². The van der Waals surface area contributed by atoms with E-state index in [1.807, 2.05) is 13.0 Å². The van der Waals surface area contributed by atoms with Crippen LogP contribution in [0.2, 0.25) is 0 Å². The highest BCUT2D eigenvalue weighted by molar-refractivity contribution is 9.08. The lowest BCUT2D eigenvalue weighted by atomic mass is 9.47. The zero-order chi connectivity index (χ0) is 18.7.